The van der Waals surface area contributed by atoms with Crippen LogP contribution in [0.25, 0.3) is 0 Å². The number of benzene rings is 3. The van der Waals surface area contributed by atoms with Gasteiger partial charge < -0.3 is 5.11 Å². The molecule has 0 aromatic heterocycles. The molecule has 3 aromatic carbocycles. The van der Waals surface area contributed by atoms with E-state index in [1.165, 1.54) is 15.9 Å². The molecule has 0 aliphatic rings. The number of hydrogen-bond donors (Lipinski definition) is 0. The van der Waals surface area contributed by atoms with Crippen LogP contribution in [0.2, 0.25) is 0 Å². The molecule has 0 spiro atoms. The second kappa shape index (κ2) is 6.99. The SMILES string of the molecule is CC(C)([O-])C(C)(C)[P+](c1ccccc1)(c1ccccc1)c1ccccc1. The minimum atomic E-state index is -2.19. The van der Waals surface area contributed by atoms with E-state index in [4.69, 9.17) is 0 Å². The Morgan fingerprint density at radius 3 is 1.04 bits per heavy atom. The van der Waals surface area contributed by atoms with Crippen LogP contribution in [0.1, 0.15) is 27.7 Å². The largest absolute Gasteiger partial charge is 0.847 e. The smallest absolute Gasteiger partial charge is 0.116 e. The van der Waals surface area contributed by atoms with Gasteiger partial charge in [0.1, 0.15) is 23.2 Å². The van der Waals surface area contributed by atoms with Gasteiger partial charge in [0.15, 0.2) is 0 Å². The second-order valence-electron chi connectivity index (χ2n) is 7.75. The third-order valence-electron chi connectivity index (χ3n) is 5.74. The maximum Gasteiger partial charge on any atom is 0.116 e. The van der Waals surface area contributed by atoms with E-state index in [2.05, 4.69) is 86.6 Å². The van der Waals surface area contributed by atoms with Crippen LogP contribution in [0, 0.1) is 0 Å². The first-order valence-corrected chi connectivity index (χ1v) is 10.9. The van der Waals surface area contributed by atoms with E-state index in [-0.39, 0.29) is 0 Å². The summed E-state index contributed by atoms with van der Waals surface area (Å²) in [7, 11) is -2.19. The molecule has 1 nitrogen and oxygen atoms in total. The molecule has 26 heavy (non-hydrogen) atoms. The van der Waals surface area contributed by atoms with Gasteiger partial charge in [-0.1, -0.05) is 74.0 Å². The first kappa shape index (κ1) is 18.8. The molecule has 0 unspecified atom stereocenters. The fourth-order valence-electron chi connectivity index (χ4n) is 3.77. The molecule has 0 saturated heterocycles. The average molecular weight is 362 g/mol. The zero-order chi connectivity index (χ0) is 18.8. The summed E-state index contributed by atoms with van der Waals surface area (Å²) in [4.78, 5) is 0. The average Bonchev–Trinajstić information content (AvgIpc) is 2.64. The van der Waals surface area contributed by atoms with Gasteiger partial charge in [-0.2, -0.15) is 0 Å². The standard InChI is InChI=1S/C24H27OP/c1-23(2,25)24(3,4)26(20-14-8-5-9-15-20,21-16-10-6-11-17-21)22-18-12-7-13-19-22/h5-19H,1-4H3. The molecule has 3 rings (SSSR count). The fourth-order valence-corrected chi connectivity index (χ4v) is 9.27. The van der Waals surface area contributed by atoms with Crippen molar-refractivity contribution in [1.82, 2.24) is 0 Å². The maximum absolute atomic E-state index is 13.5. The van der Waals surface area contributed by atoms with Crippen LogP contribution in [0.15, 0.2) is 91.0 Å². The predicted octanol–water partition coefficient (Wildman–Crippen LogP) is 3.90. The van der Waals surface area contributed by atoms with Crippen LogP contribution in [0.3, 0.4) is 0 Å². The molecule has 0 atom stereocenters. The lowest BCUT2D eigenvalue weighted by Gasteiger charge is -2.53. The Balaban J connectivity index is 2.48. The summed E-state index contributed by atoms with van der Waals surface area (Å²) in [5, 5.41) is 16.8. The van der Waals surface area contributed by atoms with Gasteiger partial charge in [-0.05, 0) is 50.2 Å². The molecule has 0 heterocycles. The first-order chi connectivity index (χ1) is 12.3. The van der Waals surface area contributed by atoms with E-state index in [0.29, 0.717) is 0 Å². The molecule has 2 heteroatoms. The summed E-state index contributed by atoms with van der Waals surface area (Å²) in [6.07, 6.45) is 0. The first-order valence-electron chi connectivity index (χ1n) is 9.08. The molecule has 0 bridgehead atoms. The Kier molecular flexibility index (Phi) is 5.06. The van der Waals surface area contributed by atoms with Crippen molar-refractivity contribution >= 4 is 23.2 Å². The summed E-state index contributed by atoms with van der Waals surface area (Å²) in [5.74, 6) is 0. The predicted molar refractivity (Wildman–Crippen MR) is 113 cm³/mol. The summed E-state index contributed by atoms with van der Waals surface area (Å²) in [5.41, 5.74) is -1.11. The molecule has 3 aromatic rings. The third-order valence-corrected chi connectivity index (χ3v) is 11.2. The quantitative estimate of drug-likeness (QED) is 0.632. The Morgan fingerprint density at radius 1 is 0.538 bits per heavy atom. The third kappa shape index (κ3) is 2.90. The highest BCUT2D eigenvalue weighted by Gasteiger charge is 2.60. The number of hydrogen-bond acceptors (Lipinski definition) is 1. The van der Waals surface area contributed by atoms with E-state index < -0.39 is 18.0 Å². The highest BCUT2D eigenvalue weighted by molar-refractivity contribution is 7.97. The molecular weight excluding hydrogens is 335 g/mol. The van der Waals surface area contributed by atoms with Crippen LogP contribution in [-0.4, -0.2) is 10.8 Å². The minimum Gasteiger partial charge on any atom is -0.847 e. The van der Waals surface area contributed by atoms with Crippen molar-refractivity contribution in [3.8, 4) is 0 Å². The van der Waals surface area contributed by atoms with E-state index in [0.717, 1.165) is 0 Å². The van der Waals surface area contributed by atoms with Crippen LogP contribution in [0.4, 0.5) is 0 Å². The van der Waals surface area contributed by atoms with Crippen molar-refractivity contribution in [3.63, 3.8) is 0 Å². The lowest BCUT2D eigenvalue weighted by molar-refractivity contribution is -0.473. The lowest BCUT2D eigenvalue weighted by Crippen LogP contribution is -2.61. The highest BCUT2D eigenvalue weighted by Crippen LogP contribution is 2.68. The van der Waals surface area contributed by atoms with E-state index in [1.54, 1.807) is 0 Å². The van der Waals surface area contributed by atoms with Gasteiger partial charge in [0.2, 0.25) is 0 Å². The van der Waals surface area contributed by atoms with Gasteiger partial charge in [-0.15, -0.1) is 0 Å². The van der Waals surface area contributed by atoms with Crippen molar-refractivity contribution < 1.29 is 5.11 Å². The van der Waals surface area contributed by atoms with Crippen LogP contribution in [-0.2, 0) is 0 Å². The highest BCUT2D eigenvalue weighted by atomic mass is 31.2. The van der Waals surface area contributed by atoms with Crippen LogP contribution < -0.4 is 21.0 Å². The monoisotopic (exact) mass is 362 g/mol. The Bertz CT molecular complexity index is 737. The van der Waals surface area contributed by atoms with Crippen molar-refractivity contribution in [2.24, 2.45) is 0 Å². The Hall–Kier alpha value is -1.95. The van der Waals surface area contributed by atoms with Crippen LogP contribution in [0.5, 0.6) is 0 Å². The normalized spacial score (nSPS) is 12.8. The van der Waals surface area contributed by atoms with Crippen molar-refractivity contribution in [2.45, 2.75) is 38.5 Å². The van der Waals surface area contributed by atoms with Crippen molar-refractivity contribution in [1.29, 1.82) is 0 Å². The summed E-state index contributed by atoms with van der Waals surface area (Å²) in [6, 6.07) is 31.8. The summed E-state index contributed by atoms with van der Waals surface area (Å²) < 4.78 is 0. The van der Waals surface area contributed by atoms with Crippen molar-refractivity contribution in [3.05, 3.63) is 91.0 Å². The topological polar surface area (TPSA) is 23.1 Å². The molecule has 0 radical (unpaired) electrons. The molecule has 0 aliphatic carbocycles. The molecular formula is C24H27OP. The Labute approximate surface area is 158 Å². The lowest BCUT2D eigenvalue weighted by atomic mass is 9.94. The molecule has 0 fully saturated rings. The fraction of sp³-hybridized carbons (Fsp3) is 0.250. The molecule has 0 amide bonds. The van der Waals surface area contributed by atoms with Gasteiger partial charge in [0.25, 0.3) is 0 Å². The van der Waals surface area contributed by atoms with Gasteiger partial charge in [0.05, 0.1) is 5.16 Å². The molecule has 0 aliphatic heterocycles. The van der Waals surface area contributed by atoms with E-state index in [9.17, 15) is 5.11 Å². The number of rotatable bonds is 5. The molecule has 134 valence electrons. The zero-order valence-corrected chi connectivity index (χ0v) is 16.9. The van der Waals surface area contributed by atoms with E-state index in [1.807, 2.05) is 32.0 Å². The van der Waals surface area contributed by atoms with Gasteiger partial charge in [-0.3, -0.25) is 0 Å². The summed E-state index contributed by atoms with van der Waals surface area (Å²) in [6.45, 7) is 7.97. The second-order valence-corrected chi connectivity index (χ2v) is 11.8. The molecule has 0 N–H and O–H groups in total. The molecule has 0 saturated carbocycles. The van der Waals surface area contributed by atoms with Gasteiger partial charge >= 0.3 is 0 Å². The minimum absolute atomic E-state index is 0.482. The Morgan fingerprint density at radius 2 is 0.808 bits per heavy atom. The van der Waals surface area contributed by atoms with Crippen molar-refractivity contribution in [2.75, 3.05) is 0 Å². The van der Waals surface area contributed by atoms with Crippen LogP contribution >= 0.6 is 7.26 Å². The maximum atomic E-state index is 13.5. The zero-order valence-electron chi connectivity index (χ0n) is 16.0. The van der Waals surface area contributed by atoms with E-state index >= 15 is 0 Å². The van der Waals surface area contributed by atoms with Gasteiger partial charge in [-0.25, -0.2) is 0 Å². The summed E-state index contributed by atoms with van der Waals surface area (Å²) >= 11 is 0. The van der Waals surface area contributed by atoms with Gasteiger partial charge in [0, 0.05) is 0 Å².